The Morgan fingerprint density at radius 3 is 2.34 bits per heavy atom. The molecule has 5 unspecified atom stereocenters. The van der Waals surface area contributed by atoms with Crippen molar-refractivity contribution in [2.45, 2.75) is 36.9 Å². The van der Waals surface area contributed by atoms with Crippen molar-refractivity contribution in [1.29, 1.82) is 0 Å². The monoisotopic (exact) mass is 444 g/mol. The van der Waals surface area contributed by atoms with Crippen molar-refractivity contribution >= 4 is 11.0 Å². The zero-order chi connectivity index (χ0) is 22.9. The molecule has 0 bridgehead atoms. The molecule has 1 aromatic heterocycles. The van der Waals surface area contributed by atoms with E-state index in [4.69, 9.17) is 13.9 Å². The fourth-order valence-electron chi connectivity index (χ4n) is 4.58. The molecule has 32 heavy (non-hydrogen) atoms. The minimum atomic E-state index is -1.44. The Hall–Kier alpha value is -3.31. The lowest BCUT2D eigenvalue weighted by atomic mass is 9.82. The van der Waals surface area contributed by atoms with E-state index in [1.54, 1.807) is 6.92 Å². The quantitative estimate of drug-likeness (QED) is 0.330. The van der Waals surface area contributed by atoms with Crippen LogP contribution in [0.1, 0.15) is 12.5 Å². The average Bonchev–Trinajstić information content (AvgIpc) is 3.02. The number of benzene rings is 2. The van der Waals surface area contributed by atoms with E-state index in [9.17, 15) is 35.4 Å². The minimum Gasteiger partial charge on any atom is -0.508 e. The maximum absolute atomic E-state index is 12.9. The van der Waals surface area contributed by atoms with Crippen LogP contribution in [0.2, 0.25) is 0 Å². The molecule has 6 N–H and O–H groups in total. The fraction of sp³-hybridized carbons (Fsp3) is 0.318. The average molecular weight is 444 g/mol. The summed E-state index contributed by atoms with van der Waals surface area (Å²) < 4.78 is 17.7. The molecule has 10 nitrogen and oxygen atoms in total. The van der Waals surface area contributed by atoms with Crippen molar-refractivity contribution in [3.05, 3.63) is 46.1 Å². The SMILES string of the molecule is CC12OC(CO)C(O)C(O)C1Oc1cc(O)c3c(=O)cc(-c4cc(O)cc(O)c4)oc3c12. The van der Waals surface area contributed by atoms with E-state index in [-0.39, 0.29) is 45.1 Å². The number of aliphatic hydroxyl groups is 3. The molecular formula is C22H20O10. The number of rotatable bonds is 2. The lowest BCUT2D eigenvalue weighted by Crippen LogP contribution is -2.62. The molecule has 0 spiro atoms. The van der Waals surface area contributed by atoms with Gasteiger partial charge in [0.05, 0.1) is 12.2 Å². The molecule has 1 saturated heterocycles. The van der Waals surface area contributed by atoms with Crippen LogP contribution >= 0.6 is 0 Å². The van der Waals surface area contributed by atoms with E-state index in [1.165, 1.54) is 18.2 Å². The van der Waals surface area contributed by atoms with E-state index in [1.807, 2.05) is 0 Å². The van der Waals surface area contributed by atoms with Gasteiger partial charge in [-0.1, -0.05) is 0 Å². The van der Waals surface area contributed by atoms with Crippen LogP contribution in [0.3, 0.4) is 0 Å². The summed E-state index contributed by atoms with van der Waals surface area (Å²) >= 11 is 0. The number of hydrogen-bond donors (Lipinski definition) is 6. The largest absolute Gasteiger partial charge is 0.508 e. The highest BCUT2D eigenvalue weighted by atomic mass is 16.6. The number of ether oxygens (including phenoxy) is 2. The second-order valence-corrected chi connectivity index (χ2v) is 8.15. The van der Waals surface area contributed by atoms with E-state index < -0.39 is 47.8 Å². The lowest BCUT2D eigenvalue weighted by Gasteiger charge is -2.44. The molecule has 10 heteroatoms. The Bertz CT molecular complexity index is 1280. The van der Waals surface area contributed by atoms with Gasteiger partial charge in [0, 0.05) is 23.8 Å². The van der Waals surface area contributed by atoms with Gasteiger partial charge < -0.3 is 44.5 Å². The molecular weight excluding hydrogens is 424 g/mol. The van der Waals surface area contributed by atoms with Crippen LogP contribution in [0.4, 0.5) is 0 Å². The first-order valence-corrected chi connectivity index (χ1v) is 9.83. The summed E-state index contributed by atoms with van der Waals surface area (Å²) in [6, 6.07) is 5.99. The standard InChI is InChI=1S/C22H20O10/c1-22-17-14(31-21(22)19(29)18(28)15(7-23)32-22)6-12(27)16-11(26)5-13(30-20(16)17)8-2-9(24)4-10(25)3-8/h2-6,15,18-19,21,23-25,27-29H,7H2,1H3. The highest BCUT2D eigenvalue weighted by Gasteiger charge is 2.59. The van der Waals surface area contributed by atoms with Gasteiger partial charge in [-0.05, 0) is 19.1 Å². The summed E-state index contributed by atoms with van der Waals surface area (Å²) in [5.41, 5.74) is -1.72. The van der Waals surface area contributed by atoms with Crippen LogP contribution in [0.15, 0.2) is 39.5 Å². The number of aliphatic hydroxyl groups excluding tert-OH is 3. The Morgan fingerprint density at radius 1 is 1.00 bits per heavy atom. The van der Waals surface area contributed by atoms with Crippen LogP contribution in [-0.4, -0.2) is 61.7 Å². The second kappa shape index (κ2) is 6.84. The van der Waals surface area contributed by atoms with Gasteiger partial charge in [-0.25, -0.2) is 0 Å². The number of phenols is 3. The van der Waals surface area contributed by atoms with Crippen LogP contribution in [0, 0.1) is 0 Å². The van der Waals surface area contributed by atoms with Gasteiger partial charge in [-0.3, -0.25) is 4.79 Å². The van der Waals surface area contributed by atoms with Gasteiger partial charge in [0.25, 0.3) is 0 Å². The Morgan fingerprint density at radius 2 is 1.69 bits per heavy atom. The van der Waals surface area contributed by atoms with Gasteiger partial charge in [0.1, 0.15) is 58.1 Å². The van der Waals surface area contributed by atoms with Crippen LogP contribution in [0.5, 0.6) is 23.0 Å². The predicted molar refractivity (Wildman–Crippen MR) is 109 cm³/mol. The highest BCUT2D eigenvalue weighted by molar-refractivity contribution is 5.90. The second-order valence-electron chi connectivity index (χ2n) is 8.15. The minimum absolute atomic E-state index is 0.0105. The van der Waals surface area contributed by atoms with Crippen molar-refractivity contribution in [1.82, 2.24) is 0 Å². The van der Waals surface area contributed by atoms with Crippen LogP contribution in [-0.2, 0) is 10.3 Å². The first-order chi connectivity index (χ1) is 15.1. The van der Waals surface area contributed by atoms with E-state index in [2.05, 4.69) is 0 Å². The van der Waals surface area contributed by atoms with Crippen LogP contribution in [0.25, 0.3) is 22.3 Å². The third-order valence-corrected chi connectivity index (χ3v) is 6.04. The maximum atomic E-state index is 12.9. The molecule has 0 aliphatic carbocycles. The van der Waals surface area contributed by atoms with Gasteiger partial charge >= 0.3 is 0 Å². The van der Waals surface area contributed by atoms with E-state index >= 15 is 0 Å². The molecule has 5 atom stereocenters. The van der Waals surface area contributed by atoms with E-state index in [0.29, 0.717) is 0 Å². The molecule has 2 aromatic carbocycles. The predicted octanol–water partition coefficient (Wildman–Crippen LogP) is 0.666. The van der Waals surface area contributed by atoms with Crippen molar-refractivity contribution in [3.8, 4) is 34.3 Å². The molecule has 5 rings (SSSR count). The summed E-state index contributed by atoms with van der Waals surface area (Å²) in [6.45, 7) is 0.980. The zero-order valence-electron chi connectivity index (χ0n) is 16.7. The van der Waals surface area contributed by atoms with Gasteiger partial charge in [0.2, 0.25) is 0 Å². The summed E-state index contributed by atoms with van der Waals surface area (Å²) in [5.74, 6) is -0.862. The Balaban J connectivity index is 1.79. The number of fused-ring (bicyclic) bond motifs is 5. The number of hydrogen-bond acceptors (Lipinski definition) is 10. The normalized spacial score (nSPS) is 28.9. The Kier molecular flexibility index (Phi) is 4.40. The molecule has 1 fully saturated rings. The maximum Gasteiger partial charge on any atom is 0.197 e. The van der Waals surface area contributed by atoms with Crippen molar-refractivity contribution in [2.75, 3.05) is 6.61 Å². The topological polar surface area (TPSA) is 170 Å². The molecule has 2 aliphatic rings. The molecule has 0 amide bonds. The molecule has 2 aliphatic heterocycles. The van der Waals surface area contributed by atoms with Crippen molar-refractivity contribution in [3.63, 3.8) is 0 Å². The fourth-order valence-corrected chi connectivity index (χ4v) is 4.58. The van der Waals surface area contributed by atoms with Crippen molar-refractivity contribution < 1.29 is 44.5 Å². The van der Waals surface area contributed by atoms with Gasteiger partial charge in [0.15, 0.2) is 17.1 Å². The zero-order valence-corrected chi connectivity index (χ0v) is 16.7. The summed E-state index contributed by atoms with van der Waals surface area (Å²) in [7, 11) is 0. The summed E-state index contributed by atoms with van der Waals surface area (Å²) in [6.07, 6.45) is -5.11. The first-order valence-electron chi connectivity index (χ1n) is 9.83. The first kappa shape index (κ1) is 20.6. The number of phenolic OH excluding ortho intramolecular Hbond substituents is 3. The Labute approximate surface area is 180 Å². The number of aromatic hydroxyl groups is 3. The summed E-state index contributed by atoms with van der Waals surface area (Å²) in [4.78, 5) is 12.9. The molecule has 3 aromatic rings. The third-order valence-electron chi connectivity index (χ3n) is 6.04. The van der Waals surface area contributed by atoms with Crippen molar-refractivity contribution in [2.24, 2.45) is 0 Å². The molecule has 0 saturated carbocycles. The van der Waals surface area contributed by atoms with Gasteiger partial charge in [-0.15, -0.1) is 0 Å². The smallest absolute Gasteiger partial charge is 0.197 e. The molecule has 168 valence electrons. The lowest BCUT2D eigenvalue weighted by molar-refractivity contribution is -0.255. The third kappa shape index (κ3) is 2.77. The van der Waals surface area contributed by atoms with E-state index in [0.717, 1.165) is 12.1 Å². The highest BCUT2D eigenvalue weighted by Crippen LogP contribution is 2.53. The van der Waals surface area contributed by atoms with Gasteiger partial charge in [-0.2, -0.15) is 0 Å². The summed E-state index contributed by atoms with van der Waals surface area (Å²) in [5, 5.41) is 60.4. The van der Waals surface area contributed by atoms with Crippen LogP contribution < -0.4 is 10.2 Å². The molecule has 3 heterocycles. The molecule has 0 radical (unpaired) electrons.